The standard InChI is InChI=1S/C16H12Cl3NO3S/c17-16(18,19)15(22)20-7-1-3-10-9-11(5-6-12(10)20)23-14(21)13-4-2-8-24-13/h2,4-6,8-9H,1,3,7H2. The Morgan fingerprint density at radius 3 is 2.67 bits per heavy atom. The van der Waals surface area contributed by atoms with E-state index in [4.69, 9.17) is 39.5 Å². The van der Waals surface area contributed by atoms with Crippen LogP contribution in [0.1, 0.15) is 21.7 Å². The van der Waals surface area contributed by atoms with Gasteiger partial charge in [0.05, 0.1) is 0 Å². The van der Waals surface area contributed by atoms with Gasteiger partial charge in [-0.25, -0.2) is 4.79 Å². The second-order valence-corrected chi connectivity index (χ2v) is 8.44. The first-order valence-electron chi connectivity index (χ1n) is 7.13. The van der Waals surface area contributed by atoms with Gasteiger partial charge >= 0.3 is 5.97 Å². The third kappa shape index (κ3) is 3.70. The molecule has 8 heteroatoms. The van der Waals surface area contributed by atoms with Crippen molar-refractivity contribution in [1.29, 1.82) is 0 Å². The van der Waals surface area contributed by atoms with Gasteiger partial charge in [0.25, 0.3) is 9.70 Å². The maximum atomic E-state index is 12.2. The molecule has 24 heavy (non-hydrogen) atoms. The molecule has 0 saturated heterocycles. The highest BCUT2D eigenvalue weighted by molar-refractivity contribution is 7.12. The van der Waals surface area contributed by atoms with Crippen LogP contribution in [0.25, 0.3) is 0 Å². The lowest BCUT2D eigenvalue weighted by molar-refractivity contribution is -0.117. The number of thiophene rings is 1. The number of rotatable bonds is 2. The molecular weight excluding hydrogens is 393 g/mol. The van der Waals surface area contributed by atoms with Crippen molar-refractivity contribution >= 4 is 63.7 Å². The molecule has 0 fully saturated rings. The minimum Gasteiger partial charge on any atom is -0.422 e. The summed E-state index contributed by atoms with van der Waals surface area (Å²) < 4.78 is 3.38. The van der Waals surface area contributed by atoms with E-state index in [1.54, 1.807) is 30.3 Å². The van der Waals surface area contributed by atoms with E-state index in [0.29, 0.717) is 22.9 Å². The highest BCUT2D eigenvalue weighted by Gasteiger charge is 2.37. The number of benzene rings is 1. The summed E-state index contributed by atoms with van der Waals surface area (Å²) in [5, 5.41) is 1.81. The van der Waals surface area contributed by atoms with Crippen LogP contribution in [0.5, 0.6) is 5.75 Å². The lowest BCUT2D eigenvalue weighted by Gasteiger charge is -2.31. The summed E-state index contributed by atoms with van der Waals surface area (Å²) in [6, 6.07) is 8.58. The molecule has 0 bridgehead atoms. The maximum absolute atomic E-state index is 12.2. The molecule has 0 aliphatic carbocycles. The van der Waals surface area contributed by atoms with Gasteiger partial charge in [0, 0.05) is 12.2 Å². The van der Waals surface area contributed by atoms with Crippen molar-refractivity contribution in [3.05, 3.63) is 46.2 Å². The van der Waals surface area contributed by atoms with E-state index >= 15 is 0 Å². The number of halogens is 3. The number of nitrogens with zero attached hydrogens (tertiary/aromatic N) is 1. The monoisotopic (exact) mass is 403 g/mol. The molecule has 2 heterocycles. The molecule has 1 aliphatic rings. The molecule has 0 radical (unpaired) electrons. The van der Waals surface area contributed by atoms with Gasteiger partial charge in [-0.15, -0.1) is 11.3 Å². The smallest absolute Gasteiger partial charge is 0.353 e. The Hall–Kier alpha value is -1.27. The van der Waals surface area contributed by atoms with Crippen molar-refractivity contribution in [3.8, 4) is 5.75 Å². The molecule has 3 rings (SSSR count). The van der Waals surface area contributed by atoms with E-state index in [0.717, 1.165) is 18.4 Å². The SMILES string of the molecule is O=C(Oc1ccc2c(c1)CCCN2C(=O)C(Cl)(Cl)Cl)c1cccs1. The molecule has 1 aromatic heterocycles. The van der Waals surface area contributed by atoms with Gasteiger partial charge in [-0.3, -0.25) is 4.79 Å². The fourth-order valence-corrected chi connectivity index (χ4v) is 3.46. The van der Waals surface area contributed by atoms with Crippen LogP contribution >= 0.6 is 46.1 Å². The minimum absolute atomic E-state index is 0.407. The molecule has 2 aromatic rings. The lowest BCUT2D eigenvalue weighted by atomic mass is 10.0. The lowest BCUT2D eigenvalue weighted by Crippen LogP contribution is -2.42. The molecule has 4 nitrogen and oxygen atoms in total. The van der Waals surface area contributed by atoms with Crippen molar-refractivity contribution in [2.75, 3.05) is 11.4 Å². The number of alkyl halides is 3. The normalized spacial score (nSPS) is 14.2. The van der Waals surface area contributed by atoms with Crippen LogP contribution in [-0.4, -0.2) is 22.2 Å². The minimum atomic E-state index is -2.00. The predicted octanol–water partition coefficient (Wildman–Crippen LogP) is 4.62. The summed E-state index contributed by atoms with van der Waals surface area (Å²) in [4.78, 5) is 26.2. The van der Waals surface area contributed by atoms with E-state index in [1.165, 1.54) is 16.2 Å². The Bertz CT molecular complexity index is 771. The van der Waals surface area contributed by atoms with E-state index in [2.05, 4.69) is 0 Å². The van der Waals surface area contributed by atoms with Crippen molar-refractivity contribution in [1.82, 2.24) is 0 Å². The topological polar surface area (TPSA) is 46.6 Å². The number of hydrogen-bond donors (Lipinski definition) is 0. The average Bonchev–Trinajstić information content (AvgIpc) is 3.07. The Morgan fingerprint density at radius 1 is 1.21 bits per heavy atom. The number of fused-ring (bicyclic) bond motifs is 1. The summed E-state index contributed by atoms with van der Waals surface area (Å²) in [6.45, 7) is 0.480. The quantitative estimate of drug-likeness (QED) is 0.417. The molecule has 1 aliphatic heterocycles. The molecule has 126 valence electrons. The number of anilines is 1. The van der Waals surface area contributed by atoms with Gasteiger partial charge in [0.1, 0.15) is 10.6 Å². The molecule has 0 spiro atoms. The largest absolute Gasteiger partial charge is 0.422 e. The number of ether oxygens (including phenoxy) is 1. The van der Waals surface area contributed by atoms with Crippen LogP contribution in [-0.2, 0) is 11.2 Å². The van der Waals surface area contributed by atoms with Gasteiger partial charge in [0.15, 0.2) is 0 Å². The third-order valence-corrected chi connectivity index (χ3v) is 4.93. The third-order valence-electron chi connectivity index (χ3n) is 3.59. The number of hydrogen-bond acceptors (Lipinski definition) is 4. The first-order chi connectivity index (χ1) is 11.4. The Morgan fingerprint density at radius 2 is 2.00 bits per heavy atom. The van der Waals surface area contributed by atoms with Crippen LogP contribution in [0.3, 0.4) is 0 Å². The summed E-state index contributed by atoms with van der Waals surface area (Å²) in [7, 11) is 0. The number of esters is 1. The molecule has 0 unspecified atom stereocenters. The van der Waals surface area contributed by atoms with E-state index < -0.39 is 15.7 Å². The molecule has 0 atom stereocenters. The molecule has 1 aromatic carbocycles. The van der Waals surface area contributed by atoms with E-state index in [1.807, 2.05) is 5.38 Å². The fraction of sp³-hybridized carbons (Fsp3) is 0.250. The summed E-state index contributed by atoms with van der Waals surface area (Å²) in [6.07, 6.45) is 1.49. The van der Waals surface area contributed by atoms with Gasteiger partial charge in [-0.1, -0.05) is 40.9 Å². The van der Waals surface area contributed by atoms with Crippen molar-refractivity contribution in [3.63, 3.8) is 0 Å². The summed E-state index contributed by atoms with van der Waals surface area (Å²) in [5.41, 5.74) is 1.55. The molecule has 0 saturated carbocycles. The summed E-state index contributed by atoms with van der Waals surface area (Å²) >= 11 is 18.5. The molecule has 1 amide bonds. The van der Waals surface area contributed by atoms with Crippen molar-refractivity contribution < 1.29 is 14.3 Å². The zero-order valence-electron chi connectivity index (χ0n) is 12.3. The number of carbonyl (C=O) groups excluding carboxylic acids is 2. The van der Waals surface area contributed by atoms with Crippen molar-refractivity contribution in [2.45, 2.75) is 16.6 Å². The zero-order chi connectivity index (χ0) is 17.3. The van der Waals surface area contributed by atoms with E-state index in [-0.39, 0.29) is 0 Å². The summed E-state index contributed by atoms with van der Waals surface area (Å²) in [5.74, 6) is -0.568. The Labute approximate surface area is 157 Å². The van der Waals surface area contributed by atoms with Crippen LogP contribution in [0, 0.1) is 0 Å². The van der Waals surface area contributed by atoms with Crippen LogP contribution in [0.4, 0.5) is 5.69 Å². The van der Waals surface area contributed by atoms with Gasteiger partial charge in [-0.05, 0) is 48.1 Å². The first-order valence-corrected chi connectivity index (χ1v) is 9.15. The predicted molar refractivity (Wildman–Crippen MR) is 96.7 cm³/mol. The van der Waals surface area contributed by atoms with Gasteiger partial charge in [0.2, 0.25) is 0 Å². The average molecular weight is 405 g/mol. The van der Waals surface area contributed by atoms with Gasteiger partial charge in [-0.2, -0.15) is 0 Å². The number of carbonyl (C=O) groups is 2. The second kappa shape index (κ2) is 6.92. The second-order valence-electron chi connectivity index (χ2n) is 5.22. The highest BCUT2D eigenvalue weighted by atomic mass is 35.6. The number of aryl methyl sites for hydroxylation is 1. The molecule has 0 N–H and O–H groups in total. The maximum Gasteiger partial charge on any atom is 0.353 e. The Kier molecular flexibility index (Phi) is 5.06. The number of amides is 1. The molecular formula is C16H12Cl3NO3S. The van der Waals surface area contributed by atoms with Crippen LogP contribution in [0.15, 0.2) is 35.7 Å². The van der Waals surface area contributed by atoms with Gasteiger partial charge < -0.3 is 9.64 Å². The Balaban J connectivity index is 1.83. The van der Waals surface area contributed by atoms with Crippen LogP contribution < -0.4 is 9.64 Å². The fourth-order valence-electron chi connectivity index (χ4n) is 2.55. The van der Waals surface area contributed by atoms with E-state index in [9.17, 15) is 9.59 Å². The zero-order valence-corrected chi connectivity index (χ0v) is 15.4. The van der Waals surface area contributed by atoms with Crippen molar-refractivity contribution in [2.24, 2.45) is 0 Å². The first kappa shape index (κ1) is 17.5. The van der Waals surface area contributed by atoms with Crippen LogP contribution in [0.2, 0.25) is 0 Å². The highest BCUT2D eigenvalue weighted by Crippen LogP contribution is 2.36.